The van der Waals surface area contributed by atoms with Gasteiger partial charge in [-0.15, -0.1) is 0 Å². The van der Waals surface area contributed by atoms with E-state index in [1.54, 1.807) is 0 Å². The predicted octanol–water partition coefficient (Wildman–Crippen LogP) is 5.89. The zero-order valence-electron chi connectivity index (χ0n) is 24.3. The lowest BCUT2D eigenvalue weighted by atomic mass is 9.70. The van der Waals surface area contributed by atoms with Crippen LogP contribution in [0.2, 0.25) is 0 Å². The first-order valence-corrected chi connectivity index (χ1v) is 14.7. The Balaban J connectivity index is 1.27. The second-order valence-corrected chi connectivity index (χ2v) is 11.9. The SMILES string of the molecule is COC(=O)C(C)(C)c1ccc(-c2c([C@H]3C[C@H](c4ccc5ccccc5n4)C3)nc3c(N4CCOCC4)ccnn23)cc1. The minimum Gasteiger partial charge on any atom is -0.468 e. The maximum atomic E-state index is 12.5. The van der Waals surface area contributed by atoms with Crippen molar-refractivity contribution >= 4 is 28.2 Å². The number of para-hydroxylation sites is 1. The average Bonchev–Trinajstić information content (AvgIpc) is 3.39. The zero-order chi connectivity index (χ0) is 28.8. The van der Waals surface area contributed by atoms with Crippen molar-refractivity contribution in [3.05, 3.63) is 89.9 Å². The number of nitrogens with zero attached hydrogens (tertiary/aromatic N) is 5. The number of anilines is 1. The van der Waals surface area contributed by atoms with Crippen LogP contribution >= 0.6 is 0 Å². The molecule has 0 spiro atoms. The molecule has 0 atom stereocenters. The molecule has 0 bridgehead atoms. The monoisotopic (exact) mass is 561 g/mol. The van der Waals surface area contributed by atoms with Gasteiger partial charge in [-0.1, -0.05) is 48.5 Å². The number of esters is 1. The van der Waals surface area contributed by atoms with Gasteiger partial charge in [-0.3, -0.25) is 9.78 Å². The predicted molar refractivity (Wildman–Crippen MR) is 163 cm³/mol. The van der Waals surface area contributed by atoms with E-state index in [2.05, 4.69) is 53.4 Å². The smallest absolute Gasteiger partial charge is 0.315 e. The fraction of sp³-hybridized carbons (Fsp3) is 0.353. The highest BCUT2D eigenvalue weighted by Crippen LogP contribution is 2.49. The Kier molecular flexibility index (Phi) is 6.66. The molecule has 0 radical (unpaired) electrons. The molecule has 4 heterocycles. The van der Waals surface area contributed by atoms with Crippen molar-refractivity contribution in [2.24, 2.45) is 0 Å². The molecular weight excluding hydrogens is 526 g/mol. The zero-order valence-corrected chi connectivity index (χ0v) is 24.3. The first kappa shape index (κ1) is 26.6. The fourth-order valence-electron chi connectivity index (χ4n) is 6.37. The van der Waals surface area contributed by atoms with E-state index in [-0.39, 0.29) is 5.97 Å². The molecule has 214 valence electrons. The van der Waals surface area contributed by atoms with E-state index in [9.17, 15) is 4.79 Å². The van der Waals surface area contributed by atoms with Crippen molar-refractivity contribution in [3.63, 3.8) is 0 Å². The lowest BCUT2D eigenvalue weighted by Crippen LogP contribution is -2.36. The van der Waals surface area contributed by atoms with Gasteiger partial charge in [0.2, 0.25) is 0 Å². The van der Waals surface area contributed by atoms with E-state index in [1.165, 1.54) is 12.5 Å². The third-order valence-electron chi connectivity index (χ3n) is 9.02. The highest BCUT2D eigenvalue weighted by atomic mass is 16.5. The Morgan fingerprint density at radius 2 is 1.69 bits per heavy atom. The van der Waals surface area contributed by atoms with Gasteiger partial charge in [-0.05, 0) is 50.5 Å². The lowest BCUT2D eigenvalue weighted by Gasteiger charge is -2.34. The maximum absolute atomic E-state index is 12.5. The lowest BCUT2D eigenvalue weighted by molar-refractivity contribution is -0.146. The van der Waals surface area contributed by atoms with Gasteiger partial charge < -0.3 is 14.4 Å². The summed E-state index contributed by atoms with van der Waals surface area (Å²) in [6.45, 7) is 6.84. The van der Waals surface area contributed by atoms with Crippen LogP contribution < -0.4 is 4.90 Å². The van der Waals surface area contributed by atoms with Crippen molar-refractivity contribution in [3.8, 4) is 11.3 Å². The van der Waals surface area contributed by atoms with Crippen LogP contribution in [0, 0.1) is 0 Å². The van der Waals surface area contributed by atoms with Gasteiger partial charge in [0.05, 0.1) is 54.5 Å². The molecule has 1 saturated heterocycles. The van der Waals surface area contributed by atoms with Crippen molar-refractivity contribution < 1.29 is 14.3 Å². The number of imidazole rings is 1. The number of benzene rings is 2. The van der Waals surface area contributed by atoms with Gasteiger partial charge in [0.1, 0.15) is 0 Å². The molecule has 8 heteroatoms. The van der Waals surface area contributed by atoms with Crippen LogP contribution in [0.25, 0.3) is 27.8 Å². The molecule has 7 rings (SSSR count). The van der Waals surface area contributed by atoms with Crippen LogP contribution in [0.15, 0.2) is 72.9 Å². The van der Waals surface area contributed by atoms with E-state index in [1.807, 2.05) is 42.8 Å². The van der Waals surface area contributed by atoms with E-state index >= 15 is 0 Å². The summed E-state index contributed by atoms with van der Waals surface area (Å²) >= 11 is 0. The molecule has 1 aliphatic heterocycles. The maximum Gasteiger partial charge on any atom is 0.315 e. The Hall–Kier alpha value is -4.30. The summed E-state index contributed by atoms with van der Waals surface area (Å²) in [5.74, 6) is 0.432. The molecule has 5 aromatic rings. The Labute approximate surface area is 245 Å². The van der Waals surface area contributed by atoms with Gasteiger partial charge in [0.25, 0.3) is 0 Å². The van der Waals surface area contributed by atoms with Crippen LogP contribution in [0.5, 0.6) is 0 Å². The molecule has 8 nitrogen and oxygen atoms in total. The fourth-order valence-corrected chi connectivity index (χ4v) is 6.37. The summed E-state index contributed by atoms with van der Waals surface area (Å²) in [6.07, 6.45) is 3.84. The van der Waals surface area contributed by atoms with E-state index < -0.39 is 5.41 Å². The van der Waals surface area contributed by atoms with Crippen LogP contribution in [-0.4, -0.2) is 59.0 Å². The minimum atomic E-state index is -0.745. The summed E-state index contributed by atoms with van der Waals surface area (Å²) in [7, 11) is 1.43. The van der Waals surface area contributed by atoms with Gasteiger partial charge in [-0.2, -0.15) is 5.10 Å². The number of methoxy groups -OCH3 is 1. The van der Waals surface area contributed by atoms with Crippen LogP contribution in [-0.2, 0) is 19.7 Å². The van der Waals surface area contributed by atoms with E-state index in [0.717, 1.165) is 71.0 Å². The third-order valence-corrected chi connectivity index (χ3v) is 9.02. The largest absolute Gasteiger partial charge is 0.468 e. The number of hydrogen-bond donors (Lipinski definition) is 0. The molecular formula is C34H35N5O3. The first-order chi connectivity index (χ1) is 20.4. The summed E-state index contributed by atoms with van der Waals surface area (Å²) in [5.41, 5.74) is 7.41. The average molecular weight is 562 g/mol. The molecule has 0 N–H and O–H groups in total. The number of morpholine rings is 1. The van der Waals surface area contributed by atoms with Crippen molar-refractivity contribution in [1.29, 1.82) is 0 Å². The standard InChI is InChI=1S/C34H35N5O3/c1-34(2,33(40)41-3)26-11-8-23(9-12-26)31-30(37-32-29(14-15-35-39(31)32)38-16-18-42-19-17-38)25-20-24(21-25)28-13-10-22-6-4-5-7-27(22)36-28/h4-15,24-25H,16-21H2,1-3H3/t24-,25-. The molecule has 0 amide bonds. The minimum absolute atomic E-state index is 0.259. The molecule has 2 fully saturated rings. The van der Waals surface area contributed by atoms with Crippen LogP contribution in [0.3, 0.4) is 0 Å². The topological polar surface area (TPSA) is 81.8 Å². The number of carbonyl (C=O) groups excluding carboxylic acids is 1. The summed E-state index contributed by atoms with van der Waals surface area (Å²) < 4.78 is 12.7. The molecule has 1 saturated carbocycles. The molecule has 1 aliphatic carbocycles. The quantitative estimate of drug-likeness (QED) is 0.239. The van der Waals surface area contributed by atoms with E-state index in [0.29, 0.717) is 25.0 Å². The van der Waals surface area contributed by atoms with Gasteiger partial charge >= 0.3 is 5.97 Å². The van der Waals surface area contributed by atoms with Gasteiger partial charge in [0, 0.05) is 41.6 Å². The molecule has 2 aliphatic rings. The Morgan fingerprint density at radius 1 is 0.929 bits per heavy atom. The molecule has 2 aromatic carbocycles. The number of hydrogen-bond acceptors (Lipinski definition) is 7. The second-order valence-electron chi connectivity index (χ2n) is 11.9. The molecule has 0 unspecified atom stereocenters. The number of aromatic nitrogens is 4. The highest BCUT2D eigenvalue weighted by Gasteiger charge is 2.37. The third kappa shape index (κ3) is 4.50. The summed E-state index contributed by atoms with van der Waals surface area (Å²) in [4.78, 5) is 25.1. The Bertz CT molecular complexity index is 1770. The molecule has 42 heavy (non-hydrogen) atoms. The van der Waals surface area contributed by atoms with Crippen molar-refractivity contribution in [2.75, 3.05) is 38.3 Å². The number of fused-ring (bicyclic) bond motifs is 2. The van der Waals surface area contributed by atoms with Crippen molar-refractivity contribution in [1.82, 2.24) is 19.6 Å². The van der Waals surface area contributed by atoms with Gasteiger partial charge in [-0.25, -0.2) is 9.50 Å². The van der Waals surface area contributed by atoms with Crippen LogP contribution in [0.1, 0.15) is 55.5 Å². The summed E-state index contributed by atoms with van der Waals surface area (Å²) in [5, 5.41) is 5.98. The highest BCUT2D eigenvalue weighted by molar-refractivity contribution is 5.83. The van der Waals surface area contributed by atoms with Gasteiger partial charge in [0.15, 0.2) is 5.65 Å². The normalized spacial score (nSPS) is 19.2. The summed E-state index contributed by atoms with van der Waals surface area (Å²) in [6, 6.07) is 22.9. The van der Waals surface area contributed by atoms with Crippen LogP contribution in [0.4, 0.5) is 5.69 Å². The van der Waals surface area contributed by atoms with E-state index in [4.69, 9.17) is 24.5 Å². The number of ether oxygens (including phenoxy) is 2. The van der Waals surface area contributed by atoms with Crippen molar-refractivity contribution in [2.45, 2.75) is 43.9 Å². The number of carbonyl (C=O) groups is 1. The number of rotatable bonds is 6. The molecule has 3 aromatic heterocycles. The number of pyridine rings is 1. The first-order valence-electron chi connectivity index (χ1n) is 14.7. The Morgan fingerprint density at radius 3 is 2.45 bits per heavy atom. The second kappa shape index (κ2) is 10.5.